The molecule has 0 unspecified atom stereocenters. The highest BCUT2D eigenvalue weighted by Crippen LogP contribution is 2.33. The summed E-state index contributed by atoms with van der Waals surface area (Å²) in [6, 6.07) is 10.2. The van der Waals surface area contributed by atoms with Crippen molar-refractivity contribution >= 4 is 17.3 Å². The van der Waals surface area contributed by atoms with Crippen LogP contribution in [0, 0.1) is 0 Å². The number of benzene rings is 1. The summed E-state index contributed by atoms with van der Waals surface area (Å²) in [6.45, 7) is 0.808. The molecule has 6 nitrogen and oxygen atoms in total. The van der Waals surface area contributed by atoms with Crippen LogP contribution in [0.3, 0.4) is 0 Å². The van der Waals surface area contributed by atoms with E-state index in [1.165, 1.54) is 6.07 Å². The Labute approximate surface area is 121 Å². The van der Waals surface area contributed by atoms with Crippen LogP contribution in [0.15, 0.2) is 47.4 Å². The Balaban J connectivity index is 1.85. The molecule has 6 heteroatoms. The molecule has 0 fully saturated rings. The van der Waals surface area contributed by atoms with E-state index >= 15 is 0 Å². The number of nitrogens with zero attached hydrogens (tertiary/aromatic N) is 2. The van der Waals surface area contributed by atoms with Crippen LogP contribution in [-0.2, 0) is 11.3 Å². The highest BCUT2D eigenvalue weighted by Gasteiger charge is 2.25. The molecule has 0 saturated heterocycles. The quantitative estimate of drug-likeness (QED) is 0.848. The van der Waals surface area contributed by atoms with Crippen LogP contribution in [0.25, 0.3) is 0 Å². The van der Waals surface area contributed by atoms with E-state index in [0.29, 0.717) is 30.2 Å². The highest BCUT2D eigenvalue weighted by atomic mass is 16.5. The third-order valence-electron chi connectivity index (χ3n) is 3.39. The van der Waals surface area contributed by atoms with E-state index in [9.17, 15) is 9.59 Å². The Kier molecular flexibility index (Phi) is 3.35. The summed E-state index contributed by atoms with van der Waals surface area (Å²) in [5.74, 6) is 0.487. The summed E-state index contributed by atoms with van der Waals surface area (Å²) in [4.78, 5) is 25.3. The van der Waals surface area contributed by atoms with E-state index in [0.717, 1.165) is 0 Å². The largest absolute Gasteiger partial charge is 0.482 e. The molecular formula is C15H15N3O3. The molecule has 1 amide bonds. The van der Waals surface area contributed by atoms with Crippen molar-refractivity contribution in [3.8, 4) is 5.75 Å². The molecule has 0 spiro atoms. The van der Waals surface area contributed by atoms with Crippen molar-refractivity contribution in [3.05, 3.63) is 52.9 Å². The molecule has 21 heavy (non-hydrogen) atoms. The number of fused-ring (bicyclic) bond motifs is 1. The summed E-state index contributed by atoms with van der Waals surface area (Å²) >= 11 is 0. The second-order valence-electron chi connectivity index (χ2n) is 4.79. The van der Waals surface area contributed by atoms with Crippen LogP contribution in [0.2, 0.25) is 0 Å². The molecule has 0 aliphatic carbocycles. The average molecular weight is 285 g/mol. The van der Waals surface area contributed by atoms with Gasteiger partial charge in [-0.25, -0.2) is 0 Å². The molecule has 108 valence electrons. The number of hydrogen-bond donors (Lipinski definition) is 1. The number of aromatic nitrogens is 1. The second kappa shape index (κ2) is 5.32. The maximum absolute atomic E-state index is 12.0. The van der Waals surface area contributed by atoms with Crippen LogP contribution in [0.4, 0.5) is 11.4 Å². The van der Waals surface area contributed by atoms with Gasteiger partial charge in [0.2, 0.25) is 0 Å². The maximum atomic E-state index is 12.0. The lowest BCUT2D eigenvalue weighted by Gasteiger charge is -2.29. The lowest BCUT2D eigenvalue weighted by atomic mass is 10.2. The fraction of sp³-hybridized carbons (Fsp3) is 0.200. The van der Waals surface area contributed by atoms with Gasteiger partial charge >= 0.3 is 0 Å². The number of nitrogens with two attached hydrogens (primary N) is 1. The summed E-state index contributed by atoms with van der Waals surface area (Å²) in [5, 5.41) is 0. The number of pyridine rings is 1. The molecule has 3 rings (SSSR count). The first kappa shape index (κ1) is 13.2. The number of carbonyl (C=O) groups is 1. The van der Waals surface area contributed by atoms with Gasteiger partial charge in [-0.05, 0) is 24.3 Å². The van der Waals surface area contributed by atoms with Gasteiger partial charge in [0.1, 0.15) is 5.75 Å². The number of ether oxygens (including phenoxy) is 1. The summed E-state index contributed by atoms with van der Waals surface area (Å²) in [6.07, 6.45) is 1.70. The van der Waals surface area contributed by atoms with Gasteiger partial charge in [-0.1, -0.05) is 6.07 Å². The van der Waals surface area contributed by atoms with E-state index in [1.807, 2.05) is 0 Å². The molecule has 0 saturated carbocycles. The Hall–Kier alpha value is -2.76. The fourth-order valence-corrected chi connectivity index (χ4v) is 2.32. The van der Waals surface area contributed by atoms with Crippen LogP contribution in [-0.4, -0.2) is 23.6 Å². The first-order chi connectivity index (χ1) is 10.1. The van der Waals surface area contributed by atoms with Gasteiger partial charge in [-0.2, -0.15) is 0 Å². The average Bonchev–Trinajstić information content (AvgIpc) is 2.48. The van der Waals surface area contributed by atoms with Crippen molar-refractivity contribution in [3.63, 3.8) is 0 Å². The number of hydrogen-bond acceptors (Lipinski definition) is 4. The van der Waals surface area contributed by atoms with Gasteiger partial charge in [0, 0.05) is 31.0 Å². The van der Waals surface area contributed by atoms with Gasteiger partial charge in [-0.15, -0.1) is 0 Å². The smallest absolute Gasteiger partial charge is 0.265 e. The Morgan fingerprint density at radius 1 is 1.14 bits per heavy atom. The minimum Gasteiger partial charge on any atom is -0.482 e. The summed E-state index contributed by atoms with van der Waals surface area (Å²) in [5.41, 5.74) is 6.89. The molecule has 0 radical (unpaired) electrons. The Morgan fingerprint density at radius 3 is 2.81 bits per heavy atom. The van der Waals surface area contributed by atoms with Crippen molar-refractivity contribution in [1.82, 2.24) is 4.57 Å². The lowest BCUT2D eigenvalue weighted by molar-refractivity contribution is -0.121. The SMILES string of the molecule is Nc1ccc2c(c1)N(CCn1ccccc1=O)C(=O)CO2. The van der Waals surface area contributed by atoms with E-state index in [4.69, 9.17) is 10.5 Å². The van der Waals surface area contributed by atoms with Gasteiger partial charge in [-0.3, -0.25) is 9.59 Å². The van der Waals surface area contributed by atoms with Gasteiger partial charge in [0.25, 0.3) is 11.5 Å². The minimum absolute atomic E-state index is 0.000602. The zero-order valence-corrected chi connectivity index (χ0v) is 11.4. The number of rotatable bonds is 3. The molecule has 0 atom stereocenters. The van der Waals surface area contributed by atoms with E-state index in [1.54, 1.807) is 46.0 Å². The molecule has 2 heterocycles. The number of anilines is 2. The van der Waals surface area contributed by atoms with Gasteiger partial charge in [0.05, 0.1) is 5.69 Å². The van der Waals surface area contributed by atoms with E-state index in [-0.39, 0.29) is 18.1 Å². The van der Waals surface area contributed by atoms with Crippen LogP contribution >= 0.6 is 0 Å². The number of nitrogen functional groups attached to an aromatic ring is 1. The van der Waals surface area contributed by atoms with Crippen LogP contribution in [0.5, 0.6) is 5.75 Å². The molecule has 1 aliphatic heterocycles. The minimum atomic E-state index is -0.142. The van der Waals surface area contributed by atoms with Crippen molar-refractivity contribution in [1.29, 1.82) is 0 Å². The van der Waals surface area contributed by atoms with Gasteiger partial charge in [0.15, 0.2) is 6.61 Å². The molecule has 2 aromatic rings. The zero-order valence-electron chi connectivity index (χ0n) is 11.4. The molecule has 1 aromatic heterocycles. The summed E-state index contributed by atoms with van der Waals surface area (Å²) < 4.78 is 6.95. The predicted molar refractivity (Wildman–Crippen MR) is 79.4 cm³/mol. The predicted octanol–water partition coefficient (Wildman–Crippen LogP) is 0.856. The molecular weight excluding hydrogens is 270 g/mol. The second-order valence-corrected chi connectivity index (χ2v) is 4.79. The van der Waals surface area contributed by atoms with Crippen molar-refractivity contribution < 1.29 is 9.53 Å². The van der Waals surface area contributed by atoms with Crippen LogP contribution < -0.4 is 20.9 Å². The van der Waals surface area contributed by atoms with Gasteiger partial charge < -0.3 is 19.9 Å². The van der Waals surface area contributed by atoms with Crippen molar-refractivity contribution in [2.45, 2.75) is 6.54 Å². The molecule has 1 aliphatic rings. The van der Waals surface area contributed by atoms with Crippen molar-refractivity contribution in [2.24, 2.45) is 0 Å². The number of amides is 1. The Bertz CT molecular complexity index is 739. The standard InChI is InChI=1S/C15H15N3O3/c16-11-4-5-13-12(9-11)18(15(20)10-21-13)8-7-17-6-2-1-3-14(17)19/h1-6,9H,7-8,10,16H2. The monoisotopic (exact) mass is 285 g/mol. The topological polar surface area (TPSA) is 77.6 Å². The van der Waals surface area contributed by atoms with Crippen molar-refractivity contribution in [2.75, 3.05) is 23.8 Å². The maximum Gasteiger partial charge on any atom is 0.265 e. The third-order valence-corrected chi connectivity index (χ3v) is 3.39. The van der Waals surface area contributed by atoms with E-state index < -0.39 is 0 Å². The molecule has 0 bridgehead atoms. The number of carbonyl (C=O) groups excluding carboxylic acids is 1. The lowest BCUT2D eigenvalue weighted by Crippen LogP contribution is -2.41. The third kappa shape index (κ3) is 2.60. The molecule has 2 N–H and O–H groups in total. The normalized spacial score (nSPS) is 13.7. The fourth-order valence-electron chi connectivity index (χ4n) is 2.32. The van der Waals surface area contributed by atoms with Crippen LogP contribution in [0.1, 0.15) is 0 Å². The highest BCUT2D eigenvalue weighted by molar-refractivity contribution is 5.98. The van der Waals surface area contributed by atoms with E-state index in [2.05, 4.69) is 0 Å². The Morgan fingerprint density at radius 2 is 2.00 bits per heavy atom. The summed E-state index contributed by atoms with van der Waals surface area (Å²) in [7, 11) is 0. The first-order valence-corrected chi connectivity index (χ1v) is 6.63. The molecule has 1 aromatic carbocycles. The zero-order chi connectivity index (χ0) is 14.8. The first-order valence-electron chi connectivity index (χ1n) is 6.63.